The van der Waals surface area contributed by atoms with Crippen LogP contribution < -0.4 is 21.3 Å². The summed E-state index contributed by atoms with van der Waals surface area (Å²) in [6, 6.07) is 7.47. The Hall–Kier alpha value is -3.11. The SMILES string of the molecule is Cc1cccc(OC[C@H](O)Cn2c(NC[C@H](C)O)nc3c2c(=O)n(C)c(=O)n3C)c1. The Morgan fingerprint density at radius 2 is 1.93 bits per heavy atom. The highest BCUT2D eigenvalue weighted by atomic mass is 16.5. The molecule has 3 aromatic rings. The van der Waals surface area contributed by atoms with Crippen LogP contribution in [0.25, 0.3) is 11.2 Å². The molecule has 2 aromatic heterocycles. The van der Waals surface area contributed by atoms with Gasteiger partial charge in [-0.2, -0.15) is 4.98 Å². The number of ether oxygens (including phenoxy) is 1. The van der Waals surface area contributed by atoms with Gasteiger partial charge in [-0.1, -0.05) is 12.1 Å². The molecular weight excluding hydrogens is 390 g/mol. The van der Waals surface area contributed by atoms with Crippen LogP contribution in [-0.2, 0) is 20.6 Å². The van der Waals surface area contributed by atoms with Crippen LogP contribution in [0.5, 0.6) is 5.75 Å². The van der Waals surface area contributed by atoms with Gasteiger partial charge >= 0.3 is 5.69 Å². The molecule has 3 N–H and O–H groups in total. The van der Waals surface area contributed by atoms with Gasteiger partial charge in [0.25, 0.3) is 5.56 Å². The highest BCUT2D eigenvalue weighted by Gasteiger charge is 2.21. The molecule has 10 nitrogen and oxygen atoms in total. The number of fused-ring (bicyclic) bond motifs is 1. The summed E-state index contributed by atoms with van der Waals surface area (Å²) < 4.78 is 9.45. The zero-order valence-electron chi connectivity index (χ0n) is 17.5. The largest absolute Gasteiger partial charge is 0.491 e. The summed E-state index contributed by atoms with van der Waals surface area (Å²) in [7, 11) is 2.92. The van der Waals surface area contributed by atoms with Crippen LogP contribution in [0.15, 0.2) is 33.9 Å². The van der Waals surface area contributed by atoms with Crippen molar-refractivity contribution in [1.82, 2.24) is 18.7 Å². The van der Waals surface area contributed by atoms with Crippen LogP contribution in [-0.4, -0.2) is 54.3 Å². The lowest BCUT2D eigenvalue weighted by Crippen LogP contribution is -2.38. The van der Waals surface area contributed by atoms with Crippen LogP contribution in [0.1, 0.15) is 12.5 Å². The number of nitrogens with zero attached hydrogens (tertiary/aromatic N) is 4. The number of nitrogens with one attached hydrogen (secondary N) is 1. The second-order valence-corrected chi connectivity index (χ2v) is 7.44. The number of aromatic nitrogens is 4. The van der Waals surface area contributed by atoms with Gasteiger partial charge < -0.3 is 24.8 Å². The predicted molar refractivity (Wildman–Crippen MR) is 113 cm³/mol. The summed E-state index contributed by atoms with van der Waals surface area (Å²) in [5.41, 5.74) is 0.405. The van der Waals surface area contributed by atoms with E-state index in [1.807, 2.05) is 25.1 Å². The van der Waals surface area contributed by atoms with Crippen molar-refractivity contribution in [3.63, 3.8) is 0 Å². The van der Waals surface area contributed by atoms with E-state index in [1.165, 1.54) is 23.2 Å². The van der Waals surface area contributed by atoms with Crippen LogP contribution in [0.3, 0.4) is 0 Å². The summed E-state index contributed by atoms with van der Waals surface area (Å²) in [6.45, 7) is 3.76. The lowest BCUT2D eigenvalue weighted by Gasteiger charge is -2.16. The molecule has 1 aromatic carbocycles. The summed E-state index contributed by atoms with van der Waals surface area (Å²) in [4.78, 5) is 29.4. The molecule has 0 aliphatic carbocycles. The molecule has 162 valence electrons. The molecule has 0 fully saturated rings. The number of aliphatic hydroxyl groups is 2. The highest BCUT2D eigenvalue weighted by Crippen LogP contribution is 2.17. The molecule has 0 aliphatic rings. The molecule has 0 saturated carbocycles. The lowest BCUT2D eigenvalue weighted by molar-refractivity contribution is 0.0937. The van der Waals surface area contributed by atoms with Gasteiger partial charge in [0.15, 0.2) is 11.2 Å². The van der Waals surface area contributed by atoms with Crippen molar-refractivity contribution in [2.75, 3.05) is 18.5 Å². The number of imidazole rings is 1. The van der Waals surface area contributed by atoms with Crippen LogP contribution in [0.4, 0.5) is 5.95 Å². The lowest BCUT2D eigenvalue weighted by atomic mass is 10.2. The van der Waals surface area contributed by atoms with Crippen LogP contribution in [0, 0.1) is 6.92 Å². The van der Waals surface area contributed by atoms with Crippen molar-refractivity contribution in [2.45, 2.75) is 32.6 Å². The third-order valence-corrected chi connectivity index (χ3v) is 4.73. The van der Waals surface area contributed by atoms with Gasteiger partial charge in [-0.15, -0.1) is 0 Å². The van der Waals surface area contributed by atoms with Crippen LogP contribution in [0.2, 0.25) is 0 Å². The van der Waals surface area contributed by atoms with Crippen molar-refractivity contribution in [2.24, 2.45) is 14.1 Å². The van der Waals surface area contributed by atoms with Gasteiger partial charge in [-0.05, 0) is 31.5 Å². The highest BCUT2D eigenvalue weighted by molar-refractivity contribution is 5.74. The van der Waals surface area contributed by atoms with Crippen molar-refractivity contribution < 1.29 is 14.9 Å². The summed E-state index contributed by atoms with van der Waals surface area (Å²) in [6.07, 6.45) is -1.60. The van der Waals surface area contributed by atoms with E-state index in [1.54, 1.807) is 13.0 Å². The summed E-state index contributed by atoms with van der Waals surface area (Å²) >= 11 is 0. The Kier molecular flexibility index (Phi) is 6.28. The minimum Gasteiger partial charge on any atom is -0.491 e. The molecular formula is C20H27N5O5. The minimum atomic E-state index is -0.947. The molecule has 0 spiro atoms. The second-order valence-electron chi connectivity index (χ2n) is 7.44. The Bertz CT molecular complexity index is 1160. The van der Waals surface area contributed by atoms with Gasteiger partial charge in [-0.3, -0.25) is 13.9 Å². The van der Waals surface area contributed by atoms with E-state index in [-0.39, 0.29) is 36.8 Å². The van der Waals surface area contributed by atoms with E-state index in [0.717, 1.165) is 10.1 Å². The van der Waals surface area contributed by atoms with E-state index in [2.05, 4.69) is 10.3 Å². The van der Waals surface area contributed by atoms with E-state index >= 15 is 0 Å². The van der Waals surface area contributed by atoms with Crippen molar-refractivity contribution in [1.29, 1.82) is 0 Å². The van der Waals surface area contributed by atoms with Gasteiger partial charge in [0.05, 0.1) is 12.6 Å². The van der Waals surface area contributed by atoms with Crippen molar-refractivity contribution in [3.8, 4) is 5.75 Å². The van der Waals surface area contributed by atoms with E-state index in [9.17, 15) is 19.8 Å². The number of rotatable bonds is 8. The zero-order valence-corrected chi connectivity index (χ0v) is 17.5. The maximum absolute atomic E-state index is 12.8. The normalized spacial score (nSPS) is 13.4. The Balaban J connectivity index is 1.94. The first-order valence-electron chi connectivity index (χ1n) is 9.64. The molecule has 0 radical (unpaired) electrons. The molecule has 2 heterocycles. The molecule has 10 heteroatoms. The van der Waals surface area contributed by atoms with E-state index in [0.29, 0.717) is 5.75 Å². The fraction of sp³-hybridized carbons (Fsp3) is 0.450. The van der Waals surface area contributed by atoms with E-state index in [4.69, 9.17) is 4.74 Å². The van der Waals surface area contributed by atoms with Gasteiger partial charge in [-0.25, -0.2) is 4.79 Å². The number of hydrogen-bond acceptors (Lipinski definition) is 7. The second kappa shape index (κ2) is 8.72. The third-order valence-electron chi connectivity index (χ3n) is 4.73. The molecule has 3 rings (SSSR count). The maximum Gasteiger partial charge on any atom is 0.332 e. The zero-order chi connectivity index (χ0) is 22.0. The summed E-state index contributed by atoms with van der Waals surface area (Å²) in [5, 5.41) is 23.1. The molecule has 0 amide bonds. The molecule has 0 bridgehead atoms. The Morgan fingerprint density at radius 1 is 1.20 bits per heavy atom. The topological polar surface area (TPSA) is 124 Å². The number of aryl methyl sites for hydroxylation is 2. The smallest absolute Gasteiger partial charge is 0.332 e. The number of hydrogen-bond donors (Lipinski definition) is 3. The molecule has 0 saturated heterocycles. The average Bonchev–Trinajstić information content (AvgIpc) is 3.06. The molecule has 30 heavy (non-hydrogen) atoms. The number of benzene rings is 1. The first kappa shape index (κ1) is 21.6. The van der Waals surface area contributed by atoms with Gasteiger partial charge in [0.1, 0.15) is 18.5 Å². The predicted octanol–water partition coefficient (Wildman–Crippen LogP) is -0.0253. The van der Waals surface area contributed by atoms with Crippen molar-refractivity contribution >= 4 is 17.1 Å². The fourth-order valence-corrected chi connectivity index (χ4v) is 3.16. The molecule has 2 atom stereocenters. The minimum absolute atomic E-state index is 0.00501. The van der Waals surface area contributed by atoms with Gasteiger partial charge in [0.2, 0.25) is 5.95 Å². The van der Waals surface area contributed by atoms with Crippen LogP contribution >= 0.6 is 0 Å². The van der Waals surface area contributed by atoms with Gasteiger partial charge in [0, 0.05) is 20.6 Å². The maximum atomic E-state index is 12.8. The monoisotopic (exact) mass is 417 g/mol. The third kappa shape index (κ3) is 4.39. The fourth-order valence-electron chi connectivity index (χ4n) is 3.16. The van der Waals surface area contributed by atoms with E-state index < -0.39 is 23.5 Å². The molecule has 0 aliphatic heterocycles. The summed E-state index contributed by atoms with van der Waals surface area (Å²) in [5.74, 6) is 0.911. The quantitative estimate of drug-likeness (QED) is 0.470. The average molecular weight is 417 g/mol. The number of anilines is 1. The Labute approximate surface area is 173 Å². The van der Waals surface area contributed by atoms with Crippen molar-refractivity contribution in [3.05, 3.63) is 50.7 Å². The molecule has 0 unspecified atom stereocenters. The standard InChI is InChI=1S/C20H27N5O5/c1-12-6-5-7-15(8-12)30-11-14(27)10-25-16-17(22-19(25)21-9-13(2)26)23(3)20(29)24(4)18(16)28/h5-8,13-14,26-27H,9-11H2,1-4H3,(H,21,22)/t13-,14+/m0/s1. The first-order chi connectivity index (χ1) is 14.2. The number of aliphatic hydroxyl groups excluding tert-OH is 2. The first-order valence-corrected chi connectivity index (χ1v) is 9.64. The Morgan fingerprint density at radius 3 is 2.60 bits per heavy atom.